The van der Waals surface area contributed by atoms with Crippen molar-refractivity contribution in [3.8, 4) is 11.8 Å². The molecular formula is C15H13ClN2O3. The van der Waals surface area contributed by atoms with E-state index in [0.29, 0.717) is 5.76 Å². The highest BCUT2D eigenvalue weighted by Gasteiger charge is 2.17. The number of carbonyl (C=O) groups is 1. The summed E-state index contributed by atoms with van der Waals surface area (Å²) >= 11 is 5.91. The maximum Gasteiger partial charge on any atom is 0.261 e. The molecule has 1 heterocycles. The molecule has 1 N–H and O–H groups in total. The second-order valence-corrected chi connectivity index (χ2v) is 4.69. The number of carbonyl (C=O) groups excluding carboxylic acids is 1. The minimum Gasteiger partial charge on any atom is -0.479 e. The molecule has 1 amide bonds. The number of nitrogens with one attached hydrogen (secondary N) is 1. The smallest absolute Gasteiger partial charge is 0.261 e. The molecule has 2 aromatic rings. The van der Waals surface area contributed by atoms with E-state index in [1.807, 2.05) is 6.07 Å². The van der Waals surface area contributed by atoms with Crippen molar-refractivity contribution in [2.75, 3.05) is 0 Å². The van der Waals surface area contributed by atoms with Crippen LogP contribution in [-0.4, -0.2) is 12.0 Å². The Hall–Kier alpha value is -2.45. The fourth-order valence-electron chi connectivity index (χ4n) is 1.69. The van der Waals surface area contributed by atoms with Crippen LogP contribution in [0.1, 0.15) is 18.2 Å². The molecule has 1 aromatic heterocycles. The van der Waals surface area contributed by atoms with E-state index in [0.717, 1.165) is 0 Å². The number of hydrogen-bond donors (Lipinski definition) is 1. The summed E-state index contributed by atoms with van der Waals surface area (Å²) in [5.41, 5.74) is 0.213. The number of benzene rings is 1. The van der Waals surface area contributed by atoms with Gasteiger partial charge < -0.3 is 14.5 Å². The van der Waals surface area contributed by atoms with Gasteiger partial charge in [0.15, 0.2) is 6.10 Å². The highest BCUT2D eigenvalue weighted by molar-refractivity contribution is 6.31. The number of nitrogens with zero attached hydrogens (tertiary/aromatic N) is 1. The van der Waals surface area contributed by atoms with Crippen molar-refractivity contribution in [1.82, 2.24) is 5.32 Å². The minimum absolute atomic E-state index is 0.213. The zero-order chi connectivity index (χ0) is 15.2. The second-order valence-electron chi connectivity index (χ2n) is 4.28. The van der Waals surface area contributed by atoms with Gasteiger partial charge in [-0.05, 0) is 31.2 Å². The van der Waals surface area contributed by atoms with Gasteiger partial charge in [0, 0.05) is 0 Å². The molecule has 108 valence electrons. The molecule has 0 spiro atoms. The van der Waals surface area contributed by atoms with E-state index < -0.39 is 6.10 Å². The number of halogens is 1. The van der Waals surface area contributed by atoms with Crippen molar-refractivity contribution < 1.29 is 13.9 Å². The Kier molecular flexibility index (Phi) is 4.85. The topological polar surface area (TPSA) is 75.3 Å². The van der Waals surface area contributed by atoms with Crippen LogP contribution in [0.15, 0.2) is 41.0 Å². The van der Waals surface area contributed by atoms with Crippen LogP contribution in [0.25, 0.3) is 0 Å². The summed E-state index contributed by atoms with van der Waals surface area (Å²) in [5.74, 6) is 0.622. The Bertz CT molecular complexity index is 662. The quantitative estimate of drug-likeness (QED) is 0.921. The lowest BCUT2D eigenvalue weighted by Crippen LogP contribution is -2.35. The van der Waals surface area contributed by atoms with E-state index in [4.69, 9.17) is 26.0 Å². The standard InChI is InChI=1S/C15H13ClN2O3/c1-10(15(19)18-9-11-4-3-7-20-11)21-14-6-2-5-13(16)12(14)8-17/h2-7,10H,9H2,1H3,(H,18,19). The van der Waals surface area contributed by atoms with E-state index in [-0.39, 0.29) is 28.8 Å². The van der Waals surface area contributed by atoms with Crippen molar-refractivity contribution in [2.45, 2.75) is 19.6 Å². The van der Waals surface area contributed by atoms with Crippen LogP contribution in [-0.2, 0) is 11.3 Å². The number of rotatable bonds is 5. The molecule has 1 aromatic carbocycles. The first-order valence-corrected chi connectivity index (χ1v) is 6.65. The monoisotopic (exact) mass is 304 g/mol. The molecule has 2 rings (SSSR count). The first-order chi connectivity index (χ1) is 10.1. The van der Waals surface area contributed by atoms with Gasteiger partial charge in [0.05, 0.1) is 17.8 Å². The predicted molar refractivity (Wildman–Crippen MR) is 76.8 cm³/mol. The Morgan fingerprint density at radius 1 is 1.48 bits per heavy atom. The summed E-state index contributed by atoms with van der Waals surface area (Å²) in [6.07, 6.45) is 0.776. The van der Waals surface area contributed by atoms with E-state index in [2.05, 4.69) is 5.32 Å². The summed E-state index contributed by atoms with van der Waals surface area (Å²) in [6, 6.07) is 10.3. The average Bonchev–Trinajstić information content (AvgIpc) is 2.98. The third-order valence-electron chi connectivity index (χ3n) is 2.78. The highest BCUT2D eigenvalue weighted by Crippen LogP contribution is 2.26. The van der Waals surface area contributed by atoms with Gasteiger partial charge in [-0.15, -0.1) is 0 Å². The normalized spacial score (nSPS) is 11.5. The van der Waals surface area contributed by atoms with Crippen LogP contribution < -0.4 is 10.1 Å². The lowest BCUT2D eigenvalue weighted by molar-refractivity contribution is -0.127. The summed E-state index contributed by atoms with van der Waals surface area (Å²) in [7, 11) is 0. The molecule has 0 aliphatic rings. The summed E-state index contributed by atoms with van der Waals surface area (Å²) < 4.78 is 10.6. The summed E-state index contributed by atoms with van der Waals surface area (Å²) in [6.45, 7) is 1.87. The van der Waals surface area contributed by atoms with Gasteiger partial charge in [-0.25, -0.2) is 0 Å². The zero-order valence-electron chi connectivity index (χ0n) is 11.3. The van der Waals surface area contributed by atoms with Crippen LogP contribution in [0.4, 0.5) is 0 Å². The summed E-state index contributed by atoms with van der Waals surface area (Å²) in [5, 5.41) is 12.0. The molecule has 5 nitrogen and oxygen atoms in total. The van der Waals surface area contributed by atoms with Crippen molar-refractivity contribution in [1.29, 1.82) is 5.26 Å². The molecule has 0 saturated carbocycles. The van der Waals surface area contributed by atoms with Gasteiger partial charge >= 0.3 is 0 Å². The Morgan fingerprint density at radius 3 is 2.95 bits per heavy atom. The lowest BCUT2D eigenvalue weighted by Gasteiger charge is -2.15. The molecule has 0 aliphatic carbocycles. The van der Waals surface area contributed by atoms with Gasteiger partial charge in [0.1, 0.15) is 23.1 Å². The first-order valence-electron chi connectivity index (χ1n) is 6.27. The van der Waals surface area contributed by atoms with E-state index in [1.165, 1.54) is 6.26 Å². The fraction of sp³-hybridized carbons (Fsp3) is 0.200. The molecule has 6 heteroatoms. The first kappa shape index (κ1) is 14.9. The van der Waals surface area contributed by atoms with Gasteiger partial charge in [-0.3, -0.25) is 4.79 Å². The van der Waals surface area contributed by atoms with Gasteiger partial charge in [0.25, 0.3) is 5.91 Å². The molecule has 1 atom stereocenters. The van der Waals surface area contributed by atoms with Crippen LogP contribution in [0, 0.1) is 11.3 Å². The fourth-order valence-corrected chi connectivity index (χ4v) is 1.89. The number of hydrogen-bond acceptors (Lipinski definition) is 4. The summed E-state index contributed by atoms with van der Waals surface area (Å²) in [4.78, 5) is 11.9. The molecule has 21 heavy (non-hydrogen) atoms. The van der Waals surface area contributed by atoms with E-state index >= 15 is 0 Å². The number of furan rings is 1. The Morgan fingerprint density at radius 2 is 2.29 bits per heavy atom. The van der Waals surface area contributed by atoms with E-state index in [1.54, 1.807) is 37.3 Å². The Balaban J connectivity index is 1.98. The molecule has 0 fully saturated rings. The average molecular weight is 305 g/mol. The maximum atomic E-state index is 11.9. The Labute approximate surface area is 127 Å². The number of nitriles is 1. The van der Waals surface area contributed by atoms with Gasteiger partial charge in [-0.2, -0.15) is 5.26 Å². The zero-order valence-corrected chi connectivity index (χ0v) is 12.1. The number of ether oxygens (including phenoxy) is 1. The van der Waals surface area contributed by atoms with Crippen molar-refractivity contribution in [3.63, 3.8) is 0 Å². The molecule has 0 aliphatic heterocycles. The number of amides is 1. The SMILES string of the molecule is CC(Oc1cccc(Cl)c1C#N)C(=O)NCc1ccco1. The van der Waals surface area contributed by atoms with Crippen molar-refractivity contribution >= 4 is 17.5 Å². The highest BCUT2D eigenvalue weighted by atomic mass is 35.5. The largest absolute Gasteiger partial charge is 0.479 e. The van der Waals surface area contributed by atoms with Crippen LogP contribution in [0.2, 0.25) is 5.02 Å². The van der Waals surface area contributed by atoms with E-state index in [9.17, 15) is 4.79 Å². The van der Waals surface area contributed by atoms with Crippen LogP contribution in [0.5, 0.6) is 5.75 Å². The minimum atomic E-state index is -0.759. The molecule has 0 radical (unpaired) electrons. The molecular weight excluding hydrogens is 292 g/mol. The van der Waals surface area contributed by atoms with Crippen molar-refractivity contribution in [2.24, 2.45) is 0 Å². The molecule has 0 saturated heterocycles. The predicted octanol–water partition coefficient (Wildman–Crippen LogP) is 2.89. The second kappa shape index (κ2) is 6.82. The maximum absolute atomic E-state index is 11.9. The molecule has 1 unspecified atom stereocenters. The third-order valence-corrected chi connectivity index (χ3v) is 3.09. The van der Waals surface area contributed by atoms with Crippen LogP contribution >= 0.6 is 11.6 Å². The molecule has 0 bridgehead atoms. The van der Waals surface area contributed by atoms with Crippen molar-refractivity contribution in [3.05, 3.63) is 52.9 Å². The van der Waals surface area contributed by atoms with Gasteiger partial charge in [0.2, 0.25) is 0 Å². The lowest BCUT2D eigenvalue weighted by atomic mass is 10.2. The third kappa shape index (κ3) is 3.77. The van der Waals surface area contributed by atoms with Crippen LogP contribution in [0.3, 0.4) is 0 Å². The van der Waals surface area contributed by atoms with Gasteiger partial charge in [-0.1, -0.05) is 17.7 Å².